The van der Waals surface area contributed by atoms with Gasteiger partial charge in [0.1, 0.15) is 11.3 Å². The Morgan fingerprint density at radius 1 is 1.35 bits per heavy atom. The third-order valence-corrected chi connectivity index (χ3v) is 3.50. The van der Waals surface area contributed by atoms with E-state index in [-0.39, 0.29) is 5.75 Å². The smallest absolute Gasteiger partial charge is 0.387 e. The number of hydrogen-bond donors (Lipinski definition) is 1. The Labute approximate surface area is 117 Å². The molecule has 0 amide bonds. The maximum atomic E-state index is 12.0. The zero-order chi connectivity index (χ0) is 15.3. The van der Waals surface area contributed by atoms with E-state index in [2.05, 4.69) is 4.74 Å². The van der Waals surface area contributed by atoms with Crippen LogP contribution in [0.2, 0.25) is 0 Å². The first kappa shape index (κ1) is 16.4. The summed E-state index contributed by atoms with van der Waals surface area (Å²) in [4.78, 5) is 13.0. The summed E-state index contributed by atoms with van der Waals surface area (Å²) in [5, 5.41) is 9.28. The van der Waals surface area contributed by atoms with E-state index >= 15 is 0 Å². The highest BCUT2D eigenvalue weighted by atomic mass is 19.3. The van der Waals surface area contributed by atoms with Crippen LogP contribution in [-0.2, 0) is 11.2 Å². The lowest BCUT2D eigenvalue weighted by Gasteiger charge is -2.32. The predicted molar refractivity (Wildman–Crippen MR) is 71.1 cm³/mol. The Hall–Kier alpha value is -1.69. The van der Waals surface area contributed by atoms with Crippen LogP contribution in [0.15, 0.2) is 24.3 Å². The molecule has 1 rings (SSSR count). The van der Waals surface area contributed by atoms with Crippen LogP contribution in [0.4, 0.5) is 8.78 Å². The van der Waals surface area contributed by atoms with Crippen LogP contribution in [0, 0.1) is 0 Å². The van der Waals surface area contributed by atoms with Crippen LogP contribution in [-0.4, -0.2) is 42.2 Å². The van der Waals surface area contributed by atoms with Crippen molar-refractivity contribution in [1.29, 1.82) is 0 Å². The van der Waals surface area contributed by atoms with E-state index in [1.807, 2.05) is 0 Å². The minimum Gasteiger partial charge on any atom is -0.480 e. The van der Waals surface area contributed by atoms with E-state index in [4.69, 9.17) is 0 Å². The molecule has 0 aliphatic heterocycles. The van der Waals surface area contributed by atoms with Crippen molar-refractivity contribution in [2.45, 2.75) is 31.9 Å². The number of rotatable bonds is 7. The number of benzene rings is 1. The third-order valence-electron chi connectivity index (χ3n) is 3.50. The molecule has 0 spiro atoms. The van der Waals surface area contributed by atoms with E-state index in [1.54, 1.807) is 38.1 Å². The first-order valence-corrected chi connectivity index (χ1v) is 6.20. The fourth-order valence-electron chi connectivity index (χ4n) is 1.75. The van der Waals surface area contributed by atoms with E-state index in [0.29, 0.717) is 12.8 Å². The molecular formula is C14H19F2NO3. The van der Waals surface area contributed by atoms with Crippen LogP contribution in [0.1, 0.15) is 18.9 Å². The van der Waals surface area contributed by atoms with Crippen LogP contribution in [0.25, 0.3) is 0 Å². The Morgan fingerprint density at radius 2 is 1.90 bits per heavy atom. The van der Waals surface area contributed by atoms with Crippen molar-refractivity contribution in [3.63, 3.8) is 0 Å². The summed E-state index contributed by atoms with van der Waals surface area (Å²) in [6, 6.07) is 6.23. The van der Waals surface area contributed by atoms with Crippen molar-refractivity contribution in [2.24, 2.45) is 0 Å². The van der Waals surface area contributed by atoms with E-state index in [1.165, 1.54) is 12.1 Å². The fourth-order valence-corrected chi connectivity index (χ4v) is 1.75. The topological polar surface area (TPSA) is 49.8 Å². The summed E-state index contributed by atoms with van der Waals surface area (Å²) in [5.74, 6) is -0.794. The lowest BCUT2D eigenvalue weighted by Crippen LogP contribution is -2.48. The Bertz CT molecular complexity index is 448. The van der Waals surface area contributed by atoms with E-state index in [0.717, 1.165) is 5.56 Å². The number of aryl methyl sites for hydroxylation is 1. The van der Waals surface area contributed by atoms with Gasteiger partial charge in [-0.3, -0.25) is 9.69 Å². The van der Waals surface area contributed by atoms with E-state index < -0.39 is 18.1 Å². The van der Waals surface area contributed by atoms with Gasteiger partial charge in [0.2, 0.25) is 0 Å². The van der Waals surface area contributed by atoms with Gasteiger partial charge in [-0.05, 0) is 51.6 Å². The number of halogens is 2. The molecular weight excluding hydrogens is 268 g/mol. The van der Waals surface area contributed by atoms with Crippen molar-refractivity contribution in [3.05, 3.63) is 29.8 Å². The normalized spacial score (nSPS) is 14.3. The van der Waals surface area contributed by atoms with Gasteiger partial charge < -0.3 is 9.84 Å². The van der Waals surface area contributed by atoms with Gasteiger partial charge in [-0.15, -0.1) is 0 Å². The quantitative estimate of drug-likeness (QED) is 0.837. The second-order valence-corrected chi connectivity index (χ2v) is 5.00. The molecule has 0 radical (unpaired) electrons. The highest BCUT2D eigenvalue weighted by Crippen LogP contribution is 2.21. The van der Waals surface area contributed by atoms with E-state index in [9.17, 15) is 18.7 Å². The lowest BCUT2D eigenvalue weighted by atomic mass is 9.92. The van der Waals surface area contributed by atoms with Gasteiger partial charge in [-0.2, -0.15) is 8.78 Å². The second-order valence-electron chi connectivity index (χ2n) is 5.00. The lowest BCUT2D eigenvalue weighted by molar-refractivity contribution is -0.149. The average Bonchev–Trinajstić information content (AvgIpc) is 2.36. The number of carbonyl (C=O) groups is 1. The highest BCUT2D eigenvalue weighted by molar-refractivity contribution is 5.78. The summed E-state index contributed by atoms with van der Waals surface area (Å²) in [5.41, 5.74) is -0.0843. The van der Waals surface area contributed by atoms with Gasteiger partial charge in [0.25, 0.3) is 0 Å². The molecule has 4 nitrogen and oxygen atoms in total. The number of carboxylic acid groups (broad SMARTS) is 1. The molecule has 6 heteroatoms. The number of likely N-dealkylation sites (N-methyl/N-ethyl adjacent to an activating group) is 1. The zero-order valence-corrected chi connectivity index (χ0v) is 11.8. The van der Waals surface area contributed by atoms with Crippen molar-refractivity contribution in [2.75, 3.05) is 14.1 Å². The number of alkyl halides is 2. The molecule has 112 valence electrons. The predicted octanol–water partition coefficient (Wildman–Crippen LogP) is 2.63. The Kier molecular flexibility index (Phi) is 5.44. The second kappa shape index (κ2) is 6.65. The van der Waals surface area contributed by atoms with Crippen LogP contribution in [0.5, 0.6) is 5.75 Å². The van der Waals surface area contributed by atoms with Crippen LogP contribution >= 0.6 is 0 Å². The van der Waals surface area contributed by atoms with Crippen molar-refractivity contribution in [3.8, 4) is 5.75 Å². The number of hydrogen-bond acceptors (Lipinski definition) is 3. The SMILES string of the molecule is CN(C)C(C)(CCc1ccc(OC(F)F)cc1)C(=O)O. The first-order valence-electron chi connectivity index (χ1n) is 6.20. The number of carboxylic acids is 1. The molecule has 1 unspecified atom stereocenters. The highest BCUT2D eigenvalue weighted by Gasteiger charge is 2.34. The maximum absolute atomic E-state index is 12.0. The molecule has 0 bridgehead atoms. The van der Waals surface area contributed by atoms with Gasteiger partial charge in [-0.25, -0.2) is 0 Å². The van der Waals surface area contributed by atoms with Gasteiger partial charge >= 0.3 is 12.6 Å². The summed E-state index contributed by atoms with van der Waals surface area (Å²) in [7, 11) is 3.43. The molecule has 0 heterocycles. The Balaban J connectivity index is 2.67. The summed E-state index contributed by atoms with van der Waals surface area (Å²) >= 11 is 0. The minimum absolute atomic E-state index is 0.0948. The van der Waals surface area contributed by atoms with Crippen molar-refractivity contribution in [1.82, 2.24) is 4.90 Å². The molecule has 0 saturated carbocycles. The molecule has 1 atom stereocenters. The fraction of sp³-hybridized carbons (Fsp3) is 0.500. The van der Waals surface area contributed by atoms with Gasteiger partial charge in [-0.1, -0.05) is 12.1 Å². The van der Waals surface area contributed by atoms with Crippen molar-refractivity contribution < 1.29 is 23.4 Å². The molecule has 0 fully saturated rings. The summed E-state index contributed by atoms with van der Waals surface area (Å²) < 4.78 is 28.3. The molecule has 1 aromatic rings. The molecule has 0 aliphatic carbocycles. The van der Waals surface area contributed by atoms with Crippen LogP contribution in [0.3, 0.4) is 0 Å². The maximum Gasteiger partial charge on any atom is 0.387 e. The molecule has 0 aromatic heterocycles. The Morgan fingerprint density at radius 3 is 2.30 bits per heavy atom. The van der Waals surface area contributed by atoms with Crippen LogP contribution < -0.4 is 4.74 Å². The average molecular weight is 287 g/mol. The summed E-state index contributed by atoms with van der Waals surface area (Å²) in [6.45, 7) is -1.19. The number of nitrogens with zero attached hydrogens (tertiary/aromatic N) is 1. The molecule has 0 aliphatic rings. The third kappa shape index (κ3) is 4.16. The molecule has 1 aromatic carbocycles. The monoisotopic (exact) mass is 287 g/mol. The largest absolute Gasteiger partial charge is 0.480 e. The number of aliphatic carboxylic acids is 1. The minimum atomic E-state index is -2.84. The van der Waals surface area contributed by atoms with Gasteiger partial charge in [0, 0.05) is 0 Å². The zero-order valence-electron chi connectivity index (χ0n) is 11.8. The molecule has 0 saturated heterocycles. The number of ether oxygens (including phenoxy) is 1. The molecule has 20 heavy (non-hydrogen) atoms. The molecule has 1 N–H and O–H groups in total. The standard InChI is InChI=1S/C14H19F2NO3/c1-14(12(18)19,17(2)3)9-8-10-4-6-11(7-5-10)20-13(15)16/h4-7,13H,8-9H2,1-3H3,(H,18,19). The van der Waals surface area contributed by atoms with Crippen molar-refractivity contribution >= 4 is 5.97 Å². The first-order chi connectivity index (χ1) is 9.25. The van der Waals surface area contributed by atoms with Gasteiger partial charge in [0.15, 0.2) is 0 Å². The van der Waals surface area contributed by atoms with Gasteiger partial charge in [0.05, 0.1) is 0 Å². The summed E-state index contributed by atoms with van der Waals surface area (Å²) in [6.07, 6.45) is 0.959.